The Bertz CT molecular complexity index is 721. The molecule has 2 aromatic carbocycles. The van der Waals surface area contributed by atoms with Gasteiger partial charge in [0.2, 0.25) is 11.8 Å². The van der Waals surface area contributed by atoms with Crippen LogP contribution in [0.5, 0.6) is 0 Å². The van der Waals surface area contributed by atoms with Gasteiger partial charge in [0.25, 0.3) is 0 Å². The van der Waals surface area contributed by atoms with Gasteiger partial charge in [-0.1, -0.05) is 29.3 Å². The smallest absolute Gasteiger partial charge is 0.248 e. The maximum Gasteiger partial charge on any atom is 0.248 e. The Morgan fingerprint density at radius 3 is 2.15 bits per heavy atom. The highest BCUT2D eigenvalue weighted by molar-refractivity contribution is 8.00. The third-order valence-corrected chi connectivity index (χ3v) is 5.73. The zero-order valence-electron chi connectivity index (χ0n) is 14.5. The summed E-state index contributed by atoms with van der Waals surface area (Å²) in [6.07, 6.45) is 1.10. The lowest BCUT2D eigenvalue weighted by molar-refractivity contribution is -0.127. The van der Waals surface area contributed by atoms with E-state index in [-0.39, 0.29) is 17.6 Å². The molecule has 0 fully saturated rings. The Morgan fingerprint density at radius 1 is 0.885 bits per heavy atom. The molecule has 26 heavy (non-hydrogen) atoms. The average molecular weight is 409 g/mol. The first-order chi connectivity index (χ1) is 12.5. The quantitative estimate of drug-likeness (QED) is 0.384. The van der Waals surface area contributed by atoms with Crippen molar-refractivity contribution >= 4 is 46.9 Å². The Hall–Kier alpha value is -1.63. The SMILES string of the molecule is Cc1ccc(SCC(=O)NNC(=O)CCCSc2ccc(Cl)cc2)cc1. The van der Waals surface area contributed by atoms with Crippen LogP contribution in [0.3, 0.4) is 0 Å². The van der Waals surface area contributed by atoms with E-state index in [2.05, 4.69) is 10.9 Å². The van der Waals surface area contributed by atoms with Gasteiger partial charge in [-0.3, -0.25) is 20.4 Å². The molecule has 0 aliphatic heterocycles. The van der Waals surface area contributed by atoms with Gasteiger partial charge < -0.3 is 0 Å². The molecule has 0 aliphatic carbocycles. The van der Waals surface area contributed by atoms with Crippen LogP contribution in [0.2, 0.25) is 5.02 Å². The third kappa shape index (κ3) is 8.17. The zero-order chi connectivity index (χ0) is 18.8. The summed E-state index contributed by atoms with van der Waals surface area (Å²) in [7, 11) is 0. The Kier molecular flexibility index (Phi) is 8.88. The zero-order valence-corrected chi connectivity index (χ0v) is 16.8. The van der Waals surface area contributed by atoms with E-state index in [1.165, 1.54) is 17.3 Å². The van der Waals surface area contributed by atoms with Crippen molar-refractivity contribution in [2.75, 3.05) is 11.5 Å². The summed E-state index contributed by atoms with van der Waals surface area (Å²) in [6.45, 7) is 2.02. The number of halogens is 1. The van der Waals surface area contributed by atoms with E-state index in [4.69, 9.17) is 11.6 Å². The summed E-state index contributed by atoms with van der Waals surface area (Å²) in [6, 6.07) is 15.6. The van der Waals surface area contributed by atoms with Crippen LogP contribution in [-0.2, 0) is 9.59 Å². The number of amides is 2. The highest BCUT2D eigenvalue weighted by Crippen LogP contribution is 2.21. The molecule has 2 aromatic rings. The van der Waals surface area contributed by atoms with Crippen molar-refractivity contribution in [2.45, 2.75) is 29.6 Å². The van der Waals surface area contributed by atoms with Crippen molar-refractivity contribution in [1.29, 1.82) is 0 Å². The van der Waals surface area contributed by atoms with Crippen LogP contribution in [0.1, 0.15) is 18.4 Å². The molecule has 4 nitrogen and oxygen atoms in total. The number of thioether (sulfide) groups is 2. The molecule has 0 atom stereocenters. The van der Waals surface area contributed by atoms with Gasteiger partial charge in [0, 0.05) is 21.2 Å². The Balaban J connectivity index is 1.55. The molecule has 2 rings (SSSR count). The first-order valence-corrected chi connectivity index (χ1v) is 10.5. The van der Waals surface area contributed by atoms with Gasteiger partial charge in [-0.25, -0.2) is 0 Å². The predicted molar refractivity (Wildman–Crippen MR) is 110 cm³/mol. The molecular weight excluding hydrogens is 388 g/mol. The summed E-state index contributed by atoms with van der Waals surface area (Å²) in [5.74, 6) is 0.678. The number of rotatable bonds is 8. The molecule has 0 spiro atoms. The monoisotopic (exact) mass is 408 g/mol. The Morgan fingerprint density at radius 2 is 1.46 bits per heavy atom. The average Bonchev–Trinajstić information content (AvgIpc) is 2.64. The van der Waals surface area contributed by atoms with Crippen LogP contribution in [0.4, 0.5) is 0 Å². The van der Waals surface area contributed by atoms with E-state index in [0.29, 0.717) is 11.4 Å². The normalized spacial score (nSPS) is 10.4. The fourth-order valence-corrected chi connectivity index (χ4v) is 3.65. The van der Waals surface area contributed by atoms with Gasteiger partial charge in [0.1, 0.15) is 0 Å². The second-order valence-corrected chi connectivity index (χ2v) is 8.26. The van der Waals surface area contributed by atoms with E-state index in [9.17, 15) is 9.59 Å². The van der Waals surface area contributed by atoms with Crippen LogP contribution in [0, 0.1) is 6.92 Å². The summed E-state index contributed by atoms with van der Waals surface area (Å²) >= 11 is 8.95. The lowest BCUT2D eigenvalue weighted by Gasteiger charge is -2.07. The first kappa shape index (κ1) is 20.7. The number of aryl methyl sites for hydroxylation is 1. The van der Waals surface area contributed by atoms with Gasteiger partial charge in [-0.05, 0) is 55.5 Å². The second-order valence-electron chi connectivity index (χ2n) is 5.60. The molecular formula is C19H21ClN2O2S2. The van der Waals surface area contributed by atoms with E-state index < -0.39 is 0 Å². The van der Waals surface area contributed by atoms with Gasteiger partial charge in [-0.2, -0.15) is 0 Å². The molecule has 2 N–H and O–H groups in total. The van der Waals surface area contributed by atoms with Crippen molar-refractivity contribution in [2.24, 2.45) is 0 Å². The Labute approximate surface area is 167 Å². The fourth-order valence-electron chi connectivity index (χ4n) is 1.97. The van der Waals surface area contributed by atoms with Crippen LogP contribution in [0.25, 0.3) is 0 Å². The lowest BCUT2D eigenvalue weighted by Crippen LogP contribution is -2.42. The van der Waals surface area contributed by atoms with Gasteiger partial charge in [0.15, 0.2) is 0 Å². The summed E-state index contributed by atoms with van der Waals surface area (Å²) in [5, 5.41) is 0.713. The minimum atomic E-state index is -0.223. The van der Waals surface area contributed by atoms with E-state index >= 15 is 0 Å². The van der Waals surface area contributed by atoms with Gasteiger partial charge >= 0.3 is 0 Å². The van der Waals surface area contributed by atoms with Crippen molar-refractivity contribution in [3.8, 4) is 0 Å². The first-order valence-electron chi connectivity index (χ1n) is 8.18. The topological polar surface area (TPSA) is 58.2 Å². The van der Waals surface area contributed by atoms with E-state index in [1.807, 2.05) is 55.5 Å². The van der Waals surface area contributed by atoms with Crippen LogP contribution < -0.4 is 10.9 Å². The molecule has 0 radical (unpaired) electrons. The summed E-state index contributed by atoms with van der Waals surface area (Å²) < 4.78 is 0. The molecule has 0 bridgehead atoms. The summed E-state index contributed by atoms with van der Waals surface area (Å²) in [4.78, 5) is 25.7. The third-order valence-electron chi connectivity index (χ3n) is 3.36. The predicted octanol–water partition coefficient (Wildman–Crippen LogP) is 4.46. The highest BCUT2D eigenvalue weighted by Gasteiger charge is 2.06. The number of nitrogens with one attached hydrogen (secondary N) is 2. The number of hydrogen-bond acceptors (Lipinski definition) is 4. The molecule has 0 aliphatic rings. The molecule has 0 saturated carbocycles. The number of benzene rings is 2. The minimum absolute atomic E-state index is 0.185. The number of carbonyl (C=O) groups excluding carboxylic acids is 2. The molecule has 0 unspecified atom stereocenters. The molecule has 0 saturated heterocycles. The minimum Gasteiger partial charge on any atom is -0.273 e. The van der Waals surface area contributed by atoms with Gasteiger partial charge in [-0.15, -0.1) is 23.5 Å². The maximum atomic E-state index is 11.8. The maximum absolute atomic E-state index is 11.8. The molecule has 0 heterocycles. The molecule has 138 valence electrons. The standard InChI is InChI=1S/C19H21ClN2O2S2/c1-14-4-8-17(9-5-14)26-13-19(24)22-21-18(23)3-2-12-25-16-10-6-15(20)7-11-16/h4-11H,2-3,12-13H2,1H3,(H,21,23)(H,22,24). The van der Waals surface area contributed by atoms with Gasteiger partial charge in [0.05, 0.1) is 5.75 Å². The van der Waals surface area contributed by atoms with Crippen molar-refractivity contribution < 1.29 is 9.59 Å². The van der Waals surface area contributed by atoms with Crippen molar-refractivity contribution in [3.05, 3.63) is 59.1 Å². The van der Waals surface area contributed by atoms with Crippen LogP contribution >= 0.6 is 35.1 Å². The van der Waals surface area contributed by atoms with E-state index in [0.717, 1.165) is 22.0 Å². The molecule has 0 aromatic heterocycles. The van der Waals surface area contributed by atoms with Crippen LogP contribution in [0.15, 0.2) is 58.3 Å². The highest BCUT2D eigenvalue weighted by atomic mass is 35.5. The number of hydrogen-bond donors (Lipinski definition) is 2. The fraction of sp³-hybridized carbons (Fsp3) is 0.263. The van der Waals surface area contributed by atoms with E-state index in [1.54, 1.807) is 11.8 Å². The number of hydrazine groups is 1. The second kappa shape index (κ2) is 11.2. The molecule has 7 heteroatoms. The van der Waals surface area contributed by atoms with Crippen LogP contribution in [-0.4, -0.2) is 23.3 Å². The lowest BCUT2D eigenvalue weighted by atomic mass is 10.2. The molecule has 2 amide bonds. The van der Waals surface area contributed by atoms with Crippen molar-refractivity contribution in [1.82, 2.24) is 10.9 Å². The number of carbonyl (C=O) groups is 2. The van der Waals surface area contributed by atoms with Crippen molar-refractivity contribution in [3.63, 3.8) is 0 Å². The summed E-state index contributed by atoms with van der Waals surface area (Å²) in [5.41, 5.74) is 6.08. The largest absolute Gasteiger partial charge is 0.273 e.